The molecule has 0 bridgehead atoms. The van der Waals surface area contributed by atoms with Gasteiger partial charge in [0.05, 0.1) is 12.8 Å². The molecular weight excluding hydrogens is 440 g/mol. The molecule has 34 heavy (non-hydrogen) atoms. The lowest BCUT2D eigenvalue weighted by Gasteiger charge is -2.58. The van der Waals surface area contributed by atoms with Gasteiger partial charge >= 0.3 is 11.9 Å². The van der Waals surface area contributed by atoms with Crippen LogP contribution in [0.25, 0.3) is 0 Å². The normalized spacial score (nSPS) is 40.6. The summed E-state index contributed by atoms with van der Waals surface area (Å²) >= 11 is 0. The molecule has 8 nitrogen and oxygen atoms in total. The first-order valence-electron chi connectivity index (χ1n) is 11.9. The molecular formula is C26H32O8. The van der Waals surface area contributed by atoms with E-state index in [-0.39, 0.29) is 54.5 Å². The maximum absolute atomic E-state index is 13.6. The van der Waals surface area contributed by atoms with Crippen LogP contribution in [-0.2, 0) is 28.7 Å². The van der Waals surface area contributed by atoms with Gasteiger partial charge in [-0.2, -0.15) is 0 Å². The molecule has 4 rings (SSSR count). The number of rotatable bonds is 6. The number of carboxylic acid groups (broad SMARTS) is 1. The number of aliphatic carboxylic acids is 1. The first-order valence-corrected chi connectivity index (χ1v) is 11.9. The van der Waals surface area contributed by atoms with Crippen LogP contribution in [0.4, 0.5) is 0 Å². The molecule has 0 aromatic rings. The molecule has 2 N–H and O–H groups in total. The molecule has 0 heterocycles. The highest BCUT2D eigenvalue weighted by atomic mass is 16.5. The van der Waals surface area contributed by atoms with Crippen LogP contribution in [0.1, 0.15) is 59.3 Å². The summed E-state index contributed by atoms with van der Waals surface area (Å²) in [5.41, 5.74) is -2.36. The Labute approximate surface area is 198 Å². The first kappa shape index (κ1) is 24.5. The highest BCUT2D eigenvalue weighted by Gasteiger charge is 2.68. The second kappa shape index (κ2) is 8.26. The fourth-order valence-electron chi connectivity index (χ4n) is 7.47. The number of carboxylic acids is 1. The van der Waals surface area contributed by atoms with Crippen molar-refractivity contribution in [3.63, 3.8) is 0 Å². The summed E-state index contributed by atoms with van der Waals surface area (Å²) in [5, 5.41) is 20.3. The molecule has 0 aliphatic heterocycles. The molecule has 4 aliphatic carbocycles. The number of hydrogen-bond acceptors (Lipinski definition) is 7. The van der Waals surface area contributed by atoms with Gasteiger partial charge in [0.15, 0.2) is 12.4 Å². The average Bonchev–Trinajstić information content (AvgIpc) is 3.03. The van der Waals surface area contributed by atoms with E-state index in [1.54, 1.807) is 13.0 Å². The van der Waals surface area contributed by atoms with E-state index in [0.717, 1.165) is 5.57 Å². The highest BCUT2D eigenvalue weighted by molar-refractivity contribution is 6.02. The van der Waals surface area contributed by atoms with Gasteiger partial charge in [-0.25, -0.2) is 0 Å². The predicted octanol–water partition coefficient (Wildman–Crippen LogP) is 2.43. The smallest absolute Gasteiger partial charge is 0.306 e. The van der Waals surface area contributed by atoms with Crippen LogP contribution in [0, 0.1) is 34.5 Å². The average molecular weight is 473 g/mol. The Morgan fingerprint density at radius 2 is 1.88 bits per heavy atom. The largest absolute Gasteiger partial charge is 0.481 e. The van der Waals surface area contributed by atoms with Gasteiger partial charge in [0.25, 0.3) is 0 Å². The molecule has 0 aromatic carbocycles. The molecule has 0 aromatic heterocycles. The fraction of sp³-hybridized carbons (Fsp3) is 0.654. The maximum Gasteiger partial charge on any atom is 0.306 e. The number of Topliss-reactive ketones (excluding diaryl/α,β-unsaturated/α-hetero) is 2. The number of hydrogen-bond donors (Lipinski definition) is 2. The van der Waals surface area contributed by atoms with Crippen molar-refractivity contribution in [1.29, 1.82) is 0 Å². The summed E-state index contributed by atoms with van der Waals surface area (Å²) in [6.45, 7) is 5.22. The van der Waals surface area contributed by atoms with Crippen LogP contribution >= 0.6 is 0 Å². The minimum absolute atomic E-state index is 0.0189. The minimum atomic E-state index is -1.80. The Kier molecular flexibility index (Phi) is 5.95. The quantitative estimate of drug-likeness (QED) is 0.563. The van der Waals surface area contributed by atoms with Gasteiger partial charge in [-0.1, -0.05) is 32.4 Å². The lowest BCUT2D eigenvalue weighted by atomic mass is 9.45. The van der Waals surface area contributed by atoms with Gasteiger partial charge < -0.3 is 14.9 Å². The third kappa shape index (κ3) is 3.58. The molecule has 8 heteroatoms. The van der Waals surface area contributed by atoms with Gasteiger partial charge in [-0.15, -0.1) is 0 Å². The summed E-state index contributed by atoms with van der Waals surface area (Å²) in [6.07, 6.45) is 5.79. The molecule has 184 valence electrons. The van der Waals surface area contributed by atoms with E-state index in [4.69, 9.17) is 9.84 Å². The Morgan fingerprint density at radius 3 is 2.56 bits per heavy atom. The number of aliphatic hydroxyl groups is 1. The van der Waals surface area contributed by atoms with Crippen molar-refractivity contribution in [2.75, 3.05) is 6.61 Å². The van der Waals surface area contributed by atoms with Crippen molar-refractivity contribution < 1.29 is 38.9 Å². The van der Waals surface area contributed by atoms with Crippen molar-refractivity contribution in [2.24, 2.45) is 34.5 Å². The maximum atomic E-state index is 13.6. The van der Waals surface area contributed by atoms with E-state index in [2.05, 4.69) is 6.92 Å². The van der Waals surface area contributed by atoms with Crippen LogP contribution in [0.5, 0.6) is 0 Å². The monoisotopic (exact) mass is 472 g/mol. The standard InChI is InChI=1S/C26H32O8/c1-14-10-16-17-7-9-26(33,20(29)13-34-22(32)5-4-21(30)31)25(17,3)12-19(28)23(16)24(2)8-6-15(27)11-18(14)24/h6,8,11,14,16-17,23,33H,4-5,7,9-10,12-13H2,1-3H3,(H,30,31)/t14-,16+,17+,23-,24+,25+,26+/m1/s1. The number of esters is 1. The summed E-state index contributed by atoms with van der Waals surface area (Å²) in [6, 6.07) is 0. The molecule has 3 fully saturated rings. The molecule has 0 unspecified atom stereocenters. The summed E-state index contributed by atoms with van der Waals surface area (Å²) in [4.78, 5) is 61.2. The van der Waals surface area contributed by atoms with E-state index in [1.807, 2.05) is 13.0 Å². The van der Waals surface area contributed by atoms with Crippen molar-refractivity contribution in [3.05, 3.63) is 23.8 Å². The van der Waals surface area contributed by atoms with Crippen LogP contribution in [0.15, 0.2) is 23.8 Å². The lowest BCUT2D eigenvalue weighted by Crippen LogP contribution is -2.61. The van der Waals surface area contributed by atoms with E-state index in [9.17, 15) is 29.1 Å². The predicted molar refractivity (Wildman–Crippen MR) is 119 cm³/mol. The van der Waals surface area contributed by atoms with Crippen LogP contribution in [0.3, 0.4) is 0 Å². The number of carbonyl (C=O) groups is 5. The van der Waals surface area contributed by atoms with Gasteiger partial charge in [0.1, 0.15) is 11.4 Å². The third-order valence-electron chi connectivity index (χ3n) is 9.10. The molecule has 0 amide bonds. The van der Waals surface area contributed by atoms with Gasteiger partial charge in [0, 0.05) is 23.2 Å². The Bertz CT molecular complexity index is 1020. The Morgan fingerprint density at radius 1 is 1.18 bits per heavy atom. The zero-order chi connectivity index (χ0) is 25.1. The first-order chi connectivity index (χ1) is 15.8. The highest BCUT2D eigenvalue weighted by Crippen LogP contribution is 2.66. The third-order valence-corrected chi connectivity index (χ3v) is 9.10. The van der Waals surface area contributed by atoms with Gasteiger partial charge in [-0.05, 0) is 49.2 Å². The Hall–Kier alpha value is -2.61. The van der Waals surface area contributed by atoms with Crippen molar-refractivity contribution in [2.45, 2.75) is 64.9 Å². The summed E-state index contributed by atoms with van der Waals surface area (Å²) in [5.74, 6) is -3.02. The van der Waals surface area contributed by atoms with Gasteiger partial charge in [0.2, 0.25) is 5.78 Å². The lowest BCUT2D eigenvalue weighted by molar-refractivity contribution is -0.173. The van der Waals surface area contributed by atoms with Crippen LogP contribution < -0.4 is 0 Å². The molecule has 0 saturated heterocycles. The van der Waals surface area contributed by atoms with Crippen molar-refractivity contribution >= 4 is 29.3 Å². The number of fused-ring (bicyclic) bond motifs is 5. The zero-order valence-corrected chi connectivity index (χ0v) is 19.8. The molecule has 7 atom stereocenters. The number of ether oxygens (including phenoxy) is 1. The van der Waals surface area contributed by atoms with E-state index < -0.39 is 47.2 Å². The summed E-state index contributed by atoms with van der Waals surface area (Å²) < 4.78 is 4.96. The van der Waals surface area contributed by atoms with Crippen LogP contribution in [0.2, 0.25) is 0 Å². The Balaban J connectivity index is 1.57. The van der Waals surface area contributed by atoms with E-state index in [0.29, 0.717) is 12.8 Å². The van der Waals surface area contributed by atoms with Crippen molar-refractivity contribution in [3.8, 4) is 0 Å². The van der Waals surface area contributed by atoms with E-state index >= 15 is 0 Å². The molecule has 0 radical (unpaired) electrons. The molecule has 4 aliphatic rings. The van der Waals surface area contributed by atoms with Crippen LogP contribution in [-0.4, -0.2) is 51.7 Å². The topological polar surface area (TPSA) is 135 Å². The zero-order valence-electron chi connectivity index (χ0n) is 19.8. The second-order valence-electron chi connectivity index (χ2n) is 10.9. The van der Waals surface area contributed by atoms with E-state index in [1.165, 1.54) is 6.08 Å². The SMILES string of the molecule is C[C@@H]1C[C@@H]2[C@H](C(=O)C[C@@]3(C)[C@H]2CC[C@]3(O)C(=O)COC(=O)CCC(=O)O)[C@@]2(C)C=CC(=O)C=C12. The minimum Gasteiger partial charge on any atom is -0.481 e. The fourth-order valence-corrected chi connectivity index (χ4v) is 7.47. The van der Waals surface area contributed by atoms with Crippen molar-refractivity contribution in [1.82, 2.24) is 0 Å². The molecule has 3 saturated carbocycles. The summed E-state index contributed by atoms with van der Waals surface area (Å²) in [7, 11) is 0. The number of ketones is 3. The second-order valence-corrected chi connectivity index (χ2v) is 10.9. The number of allylic oxidation sites excluding steroid dienone is 4. The number of carbonyl (C=O) groups excluding carboxylic acids is 4. The van der Waals surface area contributed by atoms with Gasteiger partial charge in [-0.3, -0.25) is 24.0 Å². The molecule has 0 spiro atoms.